The van der Waals surface area contributed by atoms with Gasteiger partial charge in [-0.15, -0.1) is 0 Å². The number of sulfone groups is 1. The third kappa shape index (κ3) is 7.86. The maximum absolute atomic E-state index is 12.0. The molecular formula is C14H22N4O4S. The third-order valence-corrected chi connectivity index (χ3v) is 3.63. The second kappa shape index (κ2) is 10.2. The SMILES string of the molecule is C=CN(/C=C/C)C(=O)NCS(=O)(=O)CN(C=C)C(=O)N/C=C/C. The van der Waals surface area contributed by atoms with E-state index >= 15 is 0 Å². The molecule has 0 atom stereocenters. The molecule has 128 valence electrons. The number of carbonyl (C=O) groups excluding carboxylic acids is 2. The highest BCUT2D eigenvalue weighted by Crippen LogP contribution is 1.99. The van der Waals surface area contributed by atoms with Crippen molar-refractivity contribution in [2.45, 2.75) is 13.8 Å². The van der Waals surface area contributed by atoms with Gasteiger partial charge in [0, 0.05) is 24.8 Å². The smallest absolute Gasteiger partial charge is 0.323 e. The zero-order valence-corrected chi connectivity index (χ0v) is 14.0. The van der Waals surface area contributed by atoms with E-state index < -0.39 is 33.7 Å². The number of nitrogens with one attached hydrogen (secondary N) is 2. The summed E-state index contributed by atoms with van der Waals surface area (Å²) in [6, 6.07) is -1.29. The van der Waals surface area contributed by atoms with Gasteiger partial charge in [0.1, 0.15) is 11.8 Å². The normalized spacial score (nSPS) is 11.2. The van der Waals surface area contributed by atoms with Crippen LogP contribution in [0, 0.1) is 0 Å². The maximum atomic E-state index is 12.0. The molecule has 4 amide bonds. The predicted octanol–water partition coefficient (Wildman–Crippen LogP) is 1.69. The predicted molar refractivity (Wildman–Crippen MR) is 89.4 cm³/mol. The quantitative estimate of drug-likeness (QED) is 0.701. The van der Waals surface area contributed by atoms with Crippen molar-refractivity contribution >= 4 is 21.9 Å². The molecule has 0 aliphatic rings. The van der Waals surface area contributed by atoms with Gasteiger partial charge in [-0.25, -0.2) is 18.0 Å². The summed E-state index contributed by atoms with van der Waals surface area (Å²) < 4.78 is 24.0. The molecule has 0 heterocycles. The van der Waals surface area contributed by atoms with Gasteiger partial charge in [0.05, 0.1) is 0 Å². The number of carbonyl (C=O) groups is 2. The lowest BCUT2D eigenvalue weighted by Gasteiger charge is -2.18. The molecule has 0 aliphatic carbocycles. The first kappa shape index (κ1) is 20.5. The molecule has 0 spiro atoms. The number of nitrogens with zero attached hydrogens (tertiary/aromatic N) is 2. The fraction of sp³-hybridized carbons (Fsp3) is 0.286. The van der Waals surface area contributed by atoms with Crippen LogP contribution in [0.4, 0.5) is 9.59 Å². The van der Waals surface area contributed by atoms with Crippen molar-refractivity contribution in [1.82, 2.24) is 20.4 Å². The minimum atomic E-state index is -3.76. The summed E-state index contributed by atoms with van der Waals surface area (Å²) in [7, 11) is -3.76. The van der Waals surface area contributed by atoms with E-state index in [1.807, 2.05) is 0 Å². The van der Waals surface area contributed by atoms with E-state index in [1.165, 1.54) is 18.6 Å². The summed E-state index contributed by atoms with van der Waals surface area (Å²) in [5, 5.41) is 4.61. The van der Waals surface area contributed by atoms with Crippen LogP contribution >= 0.6 is 0 Å². The molecule has 9 heteroatoms. The average Bonchev–Trinajstić information content (AvgIpc) is 2.53. The van der Waals surface area contributed by atoms with Gasteiger partial charge in [0.15, 0.2) is 9.84 Å². The lowest BCUT2D eigenvalue weighted by Crippen LogP contribution is -2.42. The minimum absolute atomic E-state index is 0.613. The Balaban J connectivity index is 4.74. The van der Waals surface area contributed by atoms with Crippen LogP contribution in [0.25, 0.3) is 0 Å². The third-order valence-electron chi connectivity index (χ3n) is 2.37. The zero-order valence-electron chi connectivity index (χ0n) is 13.2. The number of hydrogen-bond acceptors (Lipinski definition) is 4. The molecule has 0 fully saturated rings. The van der Waals surface area contributed by atoms with Crippen molar-refractivity contribution in [2.75, 3.05) is 11.8 Å². The molecule has 0 aromatic carbocycles. The van der Waals surface area contributed by atoms with Gasteiger partial charge in [-0.3, -0.25) is 9.80 Å². The van der Waals surface area contributed by atoms with E-state index in [4.69, 9.17) is 0 Å². The Morgan fingerprint density at radius 3 is 2.22 bits per heavy atom. The van der Waals surface area contributed by atoms with E-state index in [-0.39, 0.29) is 0 Å². The maximum Gasteiger partial charge on any atom is 0.326 e. The number of amides is 4. The summed E-state index contributed by atoms with van der Waals surface area (Å²) in [5.41, 5.74) is 0. The summed E-state index contributed by atoms with van der Waals surface area (Å²) in [6.45, 7) is 10.2. The van der Waals surface area contributed by atoms with E-state index in [0.717, 1.165) is 16.0 Å². The number of hydrogen-bond donors (Lipinski definition) is 2. The van der Waals surface area contributed by atoms with E-state index in [1.54, 1.807) is 26.0 Å². The molecule has 8 nitrogen and oxygen atoms in total. The molecule has 0 aromatic heterocycles. The summed E-state index contributed by atoms with van der Waals surface area (Å²) in [6.07, 6.45) is 8.30. The highest BCUT2D eigenvalue weighted by molar-refractivity contribution is 7.91. The highest BCUT2D eigenvalue weighted by atomic mass is 32.2. The Labute approximate surface area is 136 Å². The van der Waals surface area contributed by atoms with Crippen LogP contribution in [0.2, 0.25) is 0 Å². The van der Waals surface area contributed by atoms with Gasteiger partial charge < -0.3 is 10.6 Å². The van der Waals surface area contributed by atoms with Crippen molar-refractivity contribution in [3.05, 3.63) is 50.1 Å². The van der Waals surface area contributed by atoms with Crippen molar-refractivity contribution in [3.63, 3.8) is 0 Å². The molecule has 2 N–H and O–H groups in total. The molecule has 0 saturated heterocycles. The largest absolute Gasteiger partial charge is 0.326 e. The molecule has 0 radical (unpaired) electrons. The number of urea groups is 2. The molecule has 0 saturated carbocycles. The van der Waals surface area contributed by atoms with Gasteiger partial charge in [-0.1, -0.05) is 25.3 Å². The van der Waals surface area contributed by atoms with Gasteiger partial charge in [-0.05, 0) is 13.8 Å². The number of allylic oxidation sites excluding steroid dienone is 2. The lowest BCUT2D eigenvalue weighted by atomic mass is 10.6. The summed E-state index contributed by atoms with van der Waals surface area (Å²) >= 11 is 0. The first-order chi connectivity index (χ1) is 10.8. The van der Waals surface area contributed by atoms with Crippen LogP contribution in [0.15, 0.2) is 50.1 Å². The average molecular weight is 342 g/mol. The Morgan fingerprint density at radius 1 is 1.09 bits per heavy atom. The second-order valence-electron chi connectivity index (χ2n) is 4.17. The molecule has 23 heavy (non-hydrogen) atoms. The molecular weight excluding hydrogens is 320 g/mol. The zero-order chi connectivity index (χ0) is 17.9. The van der Waals surface area contributed by atoms with Crippen LogP contribution in [-0.4, -0.2) is 42.0 Å². The standard InChI is InChI=1S/C14H22N4O4S/c1-5-9-15-13(19)18(8-4)12-23(21,22)11-16-14(20)17(7-3)10-6-2/h5-10H,3-4,11-12H2,1-2H3,(H,15,19)(H,16,20)/b9-5+,10-6+. The molecule has 0 bridgehead atoms. The Kier molecular flexibility index (Phi) is 9.09. The first-order valence-electron chi connectivity index (χ1n) is 6.64. The molecule has 0 aromatic rings. The second-order valence-corrected chi connectivity index (χ2v) is 6.21. The van der Waals surface area contributed by atoms with Gasteiger partial charge in [0.25, 0.3) is 0 Å². The fourth-order valence-electron chi connectivity index (χ4n) is 1.32. The molecule has 0 unspecified atom stereocenters. The van der Waals surface area contributed by atoms with Crippen molar-refractivity contribution in [3.8, 4) is 0 Å². The Hall–Kier alpha value is -2.55. The first-order valence-corrected chi connectivity index (χ1v) is 8.46. The molecule has 0 rings (SSSR count). The van der Waals surface area contributed by atoms with E-state index in [9.17, 15) is 18.0 Å². The van der Waals surface area contributed by atoms with Crippen molar-refractivity contribution in [1.29, 1.82) is 0 Å². The van der Waals surface area contributed by atoms with E-state index in [0.29, 0.717) is 0 Å². The summed E-state index contributed by atoms with van der Waals surface area (Å²) in [4.78, 5) is 25.4. The number of rotatable bonds is 8. The van der Waals surface area contributed by atoms with Crippen molar-refractivity contribution < 1.29 is 18.0 Å². The minimum Gasteiger partial charge on any atom is -0.323 e. The van der Waals surface area contributed by atoms with Crippen LogP contribution in [0.5, 0.6) is 0 Å². The molecule has 0 aliphatic heterocycles. The Morgan fingerprint density at radius 2 is 1.74 bits per heavy atom. The van der Waals surface area contributed by atoms with E-state index in [2.05, 4.69) is 23.8 Å². The fourth-order valence-corrected chi connectivity index (χ4v) is 2.41. The Bertz CT molecular complexity index is 596. The van der Waals surface area contributed by atoms with Gasteiger partial charge in [-0.2, -0.15) is 0 Å². The van der Waals surface area contributed by atoms with Crippen LogP contribution in [0.3, 0.4) is 0 Å². The monoisotopic (exact) mass is 342 g/mol. The van der Waals surface area contributed by atoms with Crippen LogP contribution in [-0.2, 0) is 9.84 Å². The van der Waals surface area contributed by atoms with Crippen LogP contribution < -0.4 is 10.6 Å². The highest BCUT2D eigenvalue weighted by Gasteiger charge is 2.20. The van der Waals surface area contributed by atoms with Gasteiger partial charge >= 0.3 is 12.1 Å². The lowest BCUT2D eigenvalue weighted by molar-refractivity contribution is 0.224. The van der Waals surface area contributed by atoms with Crippen molar-refractivity contribution in [2.24, 2.45) is 0 Å². The van der Waals surface area contributed by atoms with Gasteiger partial charge in [0.2, 0.25) is 0 Å². The topological polar surface area (TPSA) is 98.8 Å². The summed E-state index contributed by atoms with van der Waals surface area (Å²) in [5.74, 6) is -1.24. The van der Waals surface area contributed by atoms with Crippen LogP contribution in [0.1, 0.15) is 13.8 Å².